The van der Waals surface area contributed by atoms with Crippen LogP contribution >= 0.6 is 27.5 Å². The number of aromatic nitrogens is 2. The van der Waals surface area contributed by atoms with Crippen LogP contribution in [0.1, 0.15) is 54.9 Å². The van der Waals surface area contributed by atoms with Crippen molar-refractivity contribution in [3.8, 4) is 0 Å². The summed E-state index contributed by atoms with van der Waals surface area (Å²) < 4.78 is 3.89. The van der Waals surface area contributed by atoms with Gasteiger partial charge in [-0.15, -0.1) is 5.10 Å². The zero-order chi connectivity index (χ0) is 13.9. The Morgan fingerprint density at radius 1 is 1.63 bits per heavy atom. The van der Waals surface area contributed by atoms with E-state index < -0.39 is 0 Å². The Balaban J connectivity index is 2.12. The normalized spacial score (nSPS) is 27.2. The Bertz CT molecular complexity index is 451. The number of rotatable bonds is 4. The van der Waals surface area contributed by atoms with E-state index in [0.717, 1.165) is 30.3 Å². The van der Waals surface area contributed by atoms with E-state index in [2.05, 4.69) is 37.8 Å². The first-order valence-corrected chi connectivity index (χ1v) is 8.69. The summed E-state index contributed by atoms with van der Waals surface area (Å²) in [6.07, 6.45) is 5.26. The maximum atomic E-state index is 12.4. The van der Waals surface area contributed by atoms with E-state index in [1.54, 1.807) is 0 Å². The smallest absolute Gasteiger partial charge is 0.265 e. The third-order valence-electron chi connectivity index (χ3n) is 3.82. The molecule has 1 aromatic heterocycles. The van der Waals surface area contributed by atoms with Gasteiger partial charge < -0.3 is 5.32 Å². The molecule has 0 aliphatic heterocycles. The van der Waals surface area contributed by atoms with Crippen LogP contribution in [0, 0.1) is 5.92 Å². The molecule has 1 aliphatic rings. The molecule has 4 nitrogen and oxygen atoms in total. The van der Waals surface area contributed by atoms with Crippen LogP contribution in [-0.4, -0.2) is 26.4 Å². The van der Waals surface area contributed by atoms with Crippen molar-refractivity contribution in [2.45, 2.75) is 51.5 Å². The number of aryl methyl sites for hydroxylation is 1. The van der Waals surface area contributed by atoms with E-state index in [-0.39, 0.29) is 11.4 Å². The Morgan fingerprint density at radius 2 is 2.42 bits per heavy atom. The zero-order valence-electron chi connectivity index (χ0n) is 11.4. The number of carbonyl (C=O) groups excluding carboxylic acids is 1. The fourth-order valence-electron chi connectivity index (χ4n) is 2.84. The molecule has 2 unspecified atom stereocenters. The maximum absolute atomic E-state index is 12.4. The number of hydrogen-bond donors (Lipinski definition) is 1. The highest BCUT2D eigenvalue weighted by Gasteiger charge is 2.36. The Hall–Kier alpha value is -0.490. The minimum absolute atomic E-state index is 0.0135. The summed E-state index contributed by atoms with van der Waals surface area (Å²) in [7, 11) is 0. The first kappa shape index (κ1) is 14.9. The largest absolute Gasteiger partial charge is 0.345 e. The Kier molecular flexibility index (Phi) is 4.95. The van der Waals surface area contributed by atoms with Gasteiger partial charge in [-0.05, 0) is 36.7 Å². The van der Waals surface area contributed by atoms with Gasteiger partial charge in [-0.1, -0.05) is 47.1 Å². The van der Waals surface area contributed by atoms with E-state index in [1.807, 2.05) is 6.92 Å². The maximum Gasteiger partial charge on any atom is 0.265 e. The number of amides is 1. The minimum atomic E-state index is -0.107. The minimum Gasteiger partial charge on any atom is -0.345 e. The number of nitrogens with zero attached hydrogens (tertiary/aromatic N) is 2. The van der Waals surface area contributed by atoms with Crippen LogP contribution in [-0.2, 0) is 6.42 Å². The van der Waals surface area contributed by atoms with Gasteiger partial charge in [-0.25, -0.2) is 0 Å². The lowest BCUT2D eigenvalue weighted by Gasteiger charge is -2.39. The molecule has 1 saturated carbocycles. The van der Waals surface area contributed by atoms with Crippen molar-refractivity contribution in [3.05, 3.63) is 10.6 Å². The zero-order valence-corrected chi connectivity index (χ0v) is 13.8. The standard InChI is InChI=1S/C13H20BrN3OS/c1-3-10-11(19-17-16-10)12(18)15-13(8-14)6-4-5-9(2)7-13/h9H,3-8H2,1-2H3,(H,15,18). The lowest BCUT2D eigenvalue weighted by atomic mass is 9.77. The summed E-state index contributed by atoms with van der Waals surface area (Å²) in [6, 6.07) is 0. The van der Waals surface area contributed by atoms with Crippen molar-refractivity contribution < 1.29 is 4.79 Å². The molecule has 0 saturated heterocycles. The van der Waals surface area contributed by atoms with E-state index in [9.17, 15) is 4.79 Å². The molecule has 0 radical (unpaired) electrons. The van der Waals surface area contributed by atoms with Gasteiger partial charge in [0.25, 0.3) is 5.91 Å². The molecule has 0 bridgehead atoms. The number of hydrogen-bond acceptors (Lipinski definition) is 4. The molecule has 1 fully saturated rings. The number of nitrogens with one attached hydrogen (secondary N) is 1. The van der Waals surface area contributed by atoms with Crippen molar-refractivity contribution in [3.63, 3.8) is 0 Å². The van der Waals surface area contributed by atoms with Crippen LogP contribution in [0.2, 0.25) is 0 Å². The summed E-state index contributed by atoms with van der Waals surface area (Å²) in [5.74, 6) is 0.650. The number of alkyl halides is 1. The van der Waals surface area contributed by atoms with E-state index >= 15 is 0 Å². The average molecular weight is 346 g/mol. The fourth-order valence-corrected chi connectivity index (χ4v) is 4.13. The lowest BCUT2D eigenvalue weighted by molar-refractivity contribution is 0.0872. The summed E-state index contributed by atoms with van der Waals surface area (Å²) in [5.41, 5.74) is 0.695. The van der Waals surface area contributed by atoms with Crippen LogP contribution in [0.5, 0.6) is 0 Å². The molecule has 1 heterocycles. The molecule has 1 aliphatic carbocycles. The predicted octanol–water partition coefficient (Wildman–Crippen LogP) is 3.17. The van der Waals surface area contributed by atoms with Gasteiger partial charge in [0, 0.05) is 5.33 Å². The summed E-state index contributed by atoms with van der Waals surface area (Å²) in [5, 5.41) is 8.05. The fraction of sp³-hybridized carbons (Fsp3) is 0.769. The molecule has 0 spiro atoms. The monoisotopic (exact) mass is 345 g/mol. The molecule has 1 amide bonds. The van der Waals surface area contributed by atoms with E-state index in [1.165, 1.54) is 24.4 Å². The lowest BCUT2D eigenvalue weighted by Crippen LogP contribution is -2.52. The summed E-state index contributed by atoms with van der Waals surface area (Å²) >= 11 is 4.77. The van der Waals surface area contributed by atoms with Gasteiger partial charge in [-0.3, -0.25) is 4.79 Å². The Morgan fingerprint density at radius 3 is 3.05 bits per heavy atom. The van der Waals surface area contributed by atoms with Crippen molar-refractivity contribution >= 4 is 33.4 Å². The quantitative estimate of drug-likeness (QED) is 0.852. The van der Waals surface area contributed by atoms with Crippen molar-refractivity contribution in [1.29, 1.82) is 0 Å². The third-order valence-corrected chi connectivity index (χ3v) is 5.66. The topological polar surface area (TPSA) is 54.9 Å². The van der Waals surface area contributed by atoms with E-state index in [0.29, 0.717) is 10.8 Å². The first-order valence-electron chi connectivity index (χ1n) is 6.80. The molecule has 0 aromatic carbocycles. The molecular weight excluding hydrogens is 326 g/mol. The first-order chi connectivity index (χ1) is 9.10. The van der Waals surface area contributed by atoms with Crippen LogP contribution in [0.15, 0.2) is 0 Å². The highest BCUT2D eigenvalue weighted by Crippen LogP contribution is 2.34. The van der Waals surface area contributed by atoms with E-state index in [4.69, 9.17) is 0 Å². The molecule has 1 aromatic rings. The second-order valence-electron chi connectivity index (χ2n) is 5.47. The van der Waals surface area contributed by atoms with Crippen LogP contribution in [0.3, 0.4) is 0 Å². The van der Waals surface area contributed by atoms with Gasteiger partial charge in [-0.2, -0.15) is 0 Å². The van der Waals surface area contributed by atoms with Crippen molar-refractivity contribution in [2.24, 2.45) is 5.92 Å². The molecular formula is C13H20BrN3OS. The second kappa shape index (κ2) is 6.31. The summed E-state index contributed by atoms with van der Waals surface area (Å²) in [4.78, 5) is 13.1. The molecule has 106 valence electrons. The molecule has 2 rings (SSSR count). The van der Waals surface area contributed by atoms with Gasteiger partial charge >= 0.3 is 0 Å². The van der Waals surface area contributed by atoms with Crippen molar-refractivity contribution in [2.75, 3.05) is 5.33 Å². The molecule has 19 heavy (non-hydrogen) atoms. The second-order valence-corrected chi connectivity index (χ2v) is 6.79. The van der Waals surface area contributed by atoms with Gasteiger partial charge in [0.2, 0.25) is 0 Å². The number of halogens is 1. The average Bonchev–Trinajstić information content (AvgIpc) is 2.87. The van der Waals surface area contributed by atoms with Crippen LogP contribution < -0.4 is 5.32 Å². The predicted molar refractivity (Wildman–Crippen MR) is 80.9 cm³/mol. The van der Waals surface area contributed by atoms with Crippen molar-refractivity contribution in [1.82, 2.24) is 14.9 Å². The van der Waals surface area contributed by atoms with Gasteiger partial charge in [0.15, 0.2) is 0 Å². The molecule has 2 atom stereocenters. The highest BCUT2D eigenvalue weighted by molar-refractivity contribution is 9.09. The van der Waals surface area contributed by atoms with Gasteiger partial charge in [0.1, 0.15) is 4.88 Å². The third kappa shape index (κ3) is 3.34. The number of carbonyl (C=O) groups is 1. The van der Waals surface area contributed by atoms with Crippen LogP contribution in [0.4, 0.5) is 0 Å². The Labute approximate surface area is 126 Å². The summed E-state index contributed by atoms with van der Waals surface area (Å²) in [6.45, 7) is 4.25. The van der Waals surface area contributed by atoms with Gasteiger partial charge in [0.05, 0.1) is 11.2 Å². The molecule has 1 N–H and O–H groups in total. The SMILES string of the molecule is CCc1nnsc1C(=O)NC1(CBr)CCCC(C)C1. The highest BCUT2D eigenvalue weighted by atomic mass is 79.9. The van der Waals surface area contributed by atoms with Crippen LogP contribution in [0.25, 0.3) is 0 Å². The molecule has 6 heteroatoms.